The number of likely N-dealkylation sites (tertiary alicyclic amines) is 1. The second-order valence-electron chi connectivity index (χ2n) is 6.94. The van der Waals surface area contributed by atoms with Gasteiger partial charge in [0.1, 0.15) is 0 Å². The Kier molecular flexibility index (Phi) is 7.06. The van der Waals surface area contributed by atoms with Crippen LogP contribution in [0.15, 0.2) is 24.3 Å². The molecule has 1 aliphatic heterocycles. The number of rotatable bonds is 7. The normalized spacial score (nSPS) is 18.4. The van der Waals surface area contributed by atoms with Gasteiger partial charge in [0.2, 0.25) is 5.91 Å². The molecule has 1 fully saturated rings. The molecule has 1 aliphatic rings. The third kappa shape index (κ3) is 5.21. The van der Waals surface area contributed by atoms with Crippen molar-refractivity contribution < 1.29 is 9.90 Å². The number of carbonyl (C=O) groups is 1. The molecule has 5 heteroatoms. The van der Waals surface area contributed by atoms with Crippen LogP contribution >= 0.6 is 0 Å². The van der Waals surface area contributed by atoms with Crippen molar-refractivity contribution >= 4 is 11.6 Å². The number of anilines is 1. The minimum atomic E-state index is 0.150. The maximum Gasteiger partial charge on any atom is 0.236 e. The number of nitrogens with zero attached hydrogens (tertiary/aromatic N) is 3. The van der Waals surface area contributed by atoms with Crippen LogP contribution in [-0.4, -0.2) is 67.7 Å². The number of carbonyl (C=O) groups excluding carboxylic acids is 1. The van der Waals surface area contributed by atoms with Gasteiger partial charge >= 0.3 is 0 Å². The molecule has 1 atom stereocenters. The minimum absolute atomic E-state index is 0.150. The Morgan fingerprint density at radius 3 is 2.54 bits per heavy atom. The van der Waals surface area contributed by atoms with E-state index in [1.54, 1.807) is 4.90 Å². The van der Waals surface area contributed by atoms with Crippen molar-refractivity contribution in [1.82, 2.24) is 9.80 Å². The van der Waals surface area contributed by atoms with E-state index in [0.717, 1.165) is 37.1 Å². The van der Waals surface area contributed by atoms with E-state index < -0.39 is 0 Å². The first kappa shape index (κ1) is 18.7. The first-order chi connectivity index (χ1) is 11.5. The third-order valence-electron chi connectivity index (χ3n) is 4.85. The van der Waals surface area contributed by atoms with Gasteiger partial charge in [-0.2, -0.15) is 0 Å². The standard InChI is InChI=1S/C19H31N3O2/c1-20(2)17-9-7-16(8-10-17)14-21(3)19(24)15-22-12-5-4-6-18(22)11-13-23/h7-10,18,23H,4-6,11-15H2,1-3H3. The summed E-state index contributed by atoms with van der Waals surface area (Å²) in [5.41, 5.74) is 2.30. The highest BCUT2D eigenvalue weighted by Crippen LogP contribution is 2.19. The number of hydrogen-bond donors (Lipinski definition) is 1. The summed E-state index contributed by atoms with van der Waals surface area (Å²) in [6.45, 7) is 2.24. The lowest BCUT2D eigenvalue weighted by Crippen LogP contribution is -2.46. The van der Waals surface area contributed by atoms with E-state index in [1.165, 1.54) is 6.42 Å². The van der Waals surface area contributed by atoms with E-state index in [-0.39, 0.29) is 12.5 Å². The first-order valence-electron chi connectivity index (χ1n) is 8.86. The molecule has 2 rings (SSSR count). The first-order valence-corrected chi connectivity index (χ1v) is 8.86. The smallest absolute Gasteiger partial charge is 0.236 e. The molecule has 0 saturated carbocycles. The van der Waals surface area contributed by atoms with Gasteiger partial charge < -0.3 is 14.9 Å². The number of aliphatic hydroxyl groups is 1. The molecule has 1 saturated heterocycles. The summed E-state index contributed by atoms with van der Waals surface area (Å²) in [5.74, 6) is 0.150. The maximum absolute atomic E-state index is 12.6. The van der Waals surface area contributed by atoms with Gasteiger partial charge in [-0.15, -0.1) is 0 Å². The van der Waals surface area contributed by atoms with Crippen molar-refractivity contribution in [3.8, 4) is 0 Å². The zero-order valence-corrected chi connectivity index (χ0v) is 15.2. The van der Waals surface area contributed by atoms with Gasteiger partial charge in [-0.25, -0.2) is 0 Å². The fraction of sp³-hybridized carbons (Fsp3) is 0.632. The van der Waals surface area contributed by atoms with Crippen molar-refractivity contribution in [2.75, 3.05) is 45.7 Å². The van der Waals surface area contributed by atoms with Gasteiger partial charge in [0.15, 0.2) is 0 Å². The van der Waals surface area contributed by atoms with Gasteiger partial charge in [-0.1, -0.05) is 18.6 Å². The van der Waals surface area contributed by atoms with Crippen molar-refractivity contribution in [2.45, 2.75) is 38.3 Å². The fourth-order valence-corrected chi connectivity index (χ4v) is 3.30. The second-order valence-corrected chi connectivity index (χ2v) is 6.94. The Hall–Kier alpha value is -1.59. The van der Waals surface area contributed by atoms with Crippen LogP contribution in [0.25, 0.3) is 0 Å². The van der Waals surface area contributed by atoms with Crippen LogP contribution in [0.2, 0.25) is 0 Å². The number of likely N-dealkylation sites (N-methyl/N-ethyl adjacent to an activating group) is 1. The van der Waals surface area contributed by atoms with Gasteiger partial charge in [0.05, 0.1) is 6.54 Å². The largest absolute Gasteiger partial charge is 0.396 e. The molecular weight excluding hydrogens is 302 g/mol. The summed E-state index contributed by atoms with van der Waals surface area (Å²) >= 11 is 0. The van der Waals surface area contributed by atoms with Crippen molar-refractivity contribution in [3.63, 3.8) is 0 Å². The third-order valence-corrected chi connectivity index (χ3v) is 4.85. The lowest BCUT2D eigenvalue weighted by atomic mass is 9.99. The molecule has 0 radical (unpaired) electrons. The number of hydrogen-bond acceptors (Lipinski definition) is 4. The molecule has 1 aromatic rings. The molecule has 1 N–H and O–H groups in total. The summed E-state index contributed by atoms with van der Waals surface area (Å²) < 4.78 is 0. The highest BCUT2D eigenvalue weighted by Gasteiger charge is 2.24. The Morgan fingerprint density at radius 2 is 1.92 bits per heavy atom. The summed E-state index contributed by atoms with van der Waals surface area (Å²) in [6.07, 6.45) is 4.20. The van der Waals surface area contributed by atoms with Crippen LogP contribution in [-0.2, 0) is 11.3 Å². The van der Waals surface area contributed by atoms with Crippen molar-refractivity contribution in [1.29, 1.82) is 0 Å². The van der Waals surface area contributed by atoms with Crippen LogP contribution in [0.1, 0.15) is 31.2 Å². The van der Waals surface area contributed by atoms with Crippen LogP contribution in [0.4, 0.5) is 5.69 Å². The topological polar surface area (TPSA) is 47.0 Å². The highest BCUT2D eigenvalue weighted by molar-refractivity contribution is 5.78. The van der Waals surface area contributed by atoms with Crippen molar-refractivity contribution in [2.24, 2.45) is 0 Å². The Labute approximate surface area is 145 Å². The van der Waals surface area contributed by atoms with Crippen LogP contribution in [0.5, 0.6) is 0 Å². The quantitative estimate of drug-likeness (QED) is 0.828. The zero-order valence-electron chi connectivity index (χ0n) is 15.2. The molecule has 24 heavy (non-hydrogen) atoms. The predicted molar refractivity (Wildman–Crippen MR) is 98.2 cm³/mol. The number of aliphatic hydroxyl groups excluding tert-OH is 1. The van der Waals surface area contributed by atoms with Crippen LogP contribution in [0, 0.1) is 0 Å². The highest BCUT2D eigenvalue weighted by atomic mass is 16.3. The Morgan fingerprint density at radius 1 is 1.21 bits per heavy atom. The molecule has 1 unspecified atom stereocenters. The van der Waals surface area contributed by atoms with E-state index >= 15 is 0 Å². The van der Waals surface area contributed by atoms with E-state index in [4.69, 9.17) is 0 Å². The molecule has 0 aromatic heterocycles. The van der Waals surface area contributed by atoms with E-state index in [9.17, 15) is 9.90 Å². The van der Waals surface area contributed by atoms with Gasteiger partial charge in [0.25, 0.3) is 0 Å². The average Bonchev–Trinajstić information content (AvgIpc) is 2.57. The Bertz CT molecular complexity index is 514. The average molecular weight is 333 g/mol. The van der Waals surface area contributed by atoms with Crippen LogP contribution in [0.3, 0.4) is 0 Å². The van der Waals surface area contributed by atoms with E-state index in [0.29, 0.717) is 19.1 Å². The Balaban J connectivity index is 1.89. The second kappa shape index (κ2) is 9.04. The number of piperidine rings is 1. The van der Waals surface area contributed by atoms with Gasteiger partial charge in [-0.3, -0.25) is 9.69 Å². The molecule has 0 bridgehead atoms. The number of amides is 1. The minimum Gasteiger partial charge on any atom is -0.396 e. The van der Waals surface area contributed by atoms with Crippen LogP contribution < -0.4 is 4.90 Å². The molecule has 5 nitrogen and oxygen atoms in total. The maximum atomic E-state index is 12.6. The molecule has 1 amide bonds. The zero-order chi connectivity index (χ0) is 17.5. The summed E-state index contributed by atoms with van der Waals surface area (Å²) in [4.78, 5) is 18.7. The molecule has 0 aliphatic carbocycles. The van der Waals surface area contributed by atoms with E-state index in [1.807, 2.05) is 21.1 Å². The summed E-state index contributed by atoms with van der Waals surface area (Å²) in [5, 5.41) is 9.21. The number of benzene rings is 1. The lowest BCUT2D eigenvalue weighted by Gasteiger charge is -2.35. The molecular formula is C19H31N3O2. The summed E-state index contributed by atoms with van der Waals surface area (Å²) in [6, 6.07) is 8.66. The van der Waals surface area contributed by atoms with Gasteiger partial charge in [0, 0.05) is 46.0 Å². The predicted octanol–water partition coefficient (Wildman–Crippen LogP) is 1.95. The molecule has 0 spiro atoms. The molecule has 134 valence electrons. The molecule has 1 aromatic carbocycles. The molecule has 1 heterocycles. The van der Waals surface area contributed by atoms with E-state index in [2.05, 4.69) is 34.1 Å². The van der Waals surface area contributed by atoms with Gasteiger partial charge in [-0.05, 0) is 43.5 Å². The summed E-state index contributed by atoms with van der Waals surface area (Å²) in [7, 11) is 5.91. The lowest BCUT2D eigenvalue weighted by molar-refractivity contribution is -0.132. The van der Waals surface area contributed by atoms with Crippen molar-refractivity contribution in [3.05, 3.63) is 29.8 Å². The monoisotopic (exact) mass is 333 g/mol. The fourth-order valence-electron chi connectivity index (χ4n) is 3.30. The SMILES string of the molecule is CN(Cc1ccc(N(C)C)cc1)C(=O)CN1CCCCC1CCO.